The van der Waals surface area contributed by atoms with Crippen molar-refractivity contribution in [3.63, 3.8) is 0 Å². The standard InChI is InChI=1S/C17H20N2OS2/c1-19-12-4-5-13(19)10-11(9-12)18-17(20)16-7-6-15(22-16)14-3-2-8-21-14/h2-3,6-8,11-13H,4-5,9-10H2,1H3,(H,18,20)/t11?,12-,13+. The van der Waals surface area contributed by atoms with E-state index in [4.69, 9.17) is 0 Å². The molecule has 1 amide bonds. The van der Waals surface area contributed by atoms with Crippen molar-refractivity contribution in [1.29, 1.82) is 0 Å². The Morgan fingerprint density at radius 2 is 1.95 bits per heavy atom. The van der Waals surface area contributed by atoms with E-state index in [2.05, 4.69) is 34.8 Å². The van der Waals surface area contributed by atoms with Gasteiger partial charge in [0.15, 0.2) is 0 Å². The molecule has 0 spiro atoms. The second-order valence-electron chi connectivity index (χ2n) is 6.33. The number of thiophene rings is 2. The first-order valence-corrected chi connectivity index (χ1v) is 9.57. The molecule has 2 saturated heterocycles. The minimum Gasteiger partial charge on any atom is -0.348 e. The summed E-state index contributed by atoms with van der Waals surface area (Å²) in [5, 5.41) is 5.34. The van der Waals surface area contributed by atoms with Gasteiger partial charge in [-0.05, 0) is 56.3 Å². The highest BCUT2D eigenvalue weighted by atomic mass is 32.1. The van der Waals surface area contributed by atoms with Gasteiger partial charge in [-0.2, -0.15) is 0 Å². The SMILES string of the molecule is CN1[C@@H]2CC[C@H]1CC(NC(=O)c1ccc(-c3cccs3)s1)C2. The number of piperidine rings is 1. The molecule has 0 radical (unpaired) electrons. The molecule has 1 unspecified atom stereocenters. The van der Waals surface area contributed by atoms with Gasteiger partial charge in [0.05, 0.1) is 4.88 Å². The molecular weight excluding hydrogens is 312 g/mol. The van der Waals surface area contributed by atoms with Crippen molar-refractivity contribution in [1.82, 2.24) is 10.2 Å². The van der Waals surface area contributed by atoms with Gasteiger partial charge in [-0.1, -0.05) is 6.07 Å². The quantitative estimate of drug-likeness (QED) is 0.926. The first-order valence-electron chi connectivity index (χ1n) is 7.87. The maximum absolute atomic E-state index is 12.5. The number of amides is 1. The average molecular weight is 332 g/mol. The molecule has 2 fully saturated rings. The highest BCUT2D eigenvalue weighted by Crippen LogP contribution is 2.35. The third-order valence-corrected chi connectivity index (χ3v) is 7.18. The predicted octanol–water partition coefficient (Wildman–Crippen LogP) is 3.83. The van der Waals surface area contributed by atoms with Crippen LogP contribution in [0.2, 0.25) is 0 Å². The summed E-state index contributed by atoms with van der Waals surface area (Å²) in [7, 11) is 2.23. The number of rotatable bonds is 3. The van der Waals surface area contributed by atoms with Crippen LogP contribution < -0.4 is 5.32 Å². The Morgan fingerprint density at radius 3 is 2.64 bits per heavy atom. The third kappa shape index (κ3) is 2.62. The number of fused-ring (bicyclic) bond motifs is 2. The van der Waals surface area contributed by atoms with Gasteiger partial charge in [-0.15, -0.1) is 22.7 Å². The number of nitrogens with zero attached hydrogens (tertiary/aromatic N) is 1. The maximum atomic E-state index is 12.5. The van der Waals surface area contributed by atoms with Crippen LogP contribution in [0.25, 0.3) is 9.75 Å². The third-order valence-electron chi connectivity index (χ3n) is 5.03. The van der Waals surface area contributed by atoms with Crippen molar-refractivity contribution in [3.05, 3.63) is 34.5 Å². The topological polar surface area (TPSA) is 32.3 Å². The number of carbonyl (C=O) groups excluding carboxylic acids is 1. The Hall–Kier alpha value is -1.17. The monoisotopic (exact) mass is 332 g/mol. The molecule has 116 valence electrons. The van der Waals surface area contributed by atoms with Crippen LogP contribution in [0.1, 0.15) is 35.4 Å². The summed E-state index contributed by atoms with van der Waals surface area (Å²) in [4.78, 5) is 18.3. The Labute approximate surface area is 139 Å². The van der Waals surface area contributed by atoms with Gasteiger partial charge in [0.1, 0.15) is 0 Å². The zero-order valence-corrected chi connectivity index (χ0v) is 14.3. The fourth-order valence-electron chi connectivity index (χ4n) is 3.80. The summed E-state index contributed by atoms with van der Waals surface area (Å²) in [6, 6.07) is 9.83. The molecule has 0 aliphatic carbocycles. The van der Waals surface area contributed by atoms with Crippen molar-refractivity contribution in [2.75, 3.05) is 7.05 Å². The van der Waals surface area contributed by atoms with E-state index in [0.717, 1.165) is 17.7 Å². The average Bonchev–Trinajstić information content (AvgIpc) is 3.20. The zero-order valence-electron chi connectivity index (χ0n) is 12.6. The summed E-state index contributed by atoms with van der Waals surface area (Å²) in [5.74, 6) is 0.0989. The molecule has 3 atom stereocenters. The van der Waals surface area contributed by atoms with E-state index in [-0.39, 0.29) is 5.91 Å². The smallest absolute Gasteiger partial charge is 0.261 e. The van der Waals surface area contributed by atoms with Crippen LogP contribution in [0.15, 0.2) is 29.6 Å². The minimum atomic E-state index is 0.0989. The summed E-state index contributed by atoms with van der Waals surface area (Å²) in [5.41, 5.74) is 0. The van der Waals surface area contributed by atoms with Gasteiger partial charge < -0.3 is 10.2 Å². The number of nitrogens with one attached hydrogen (secondary N) is 1. The molecule has 2 aliphatic heterocycles. The fourth-order valence-corrected chi connectivity index (χ4v) is 5.54. The summed E-state index contributed by atoms with van der Waals surface area (Å²) < 4.78 is 0. The molecule has 0 aromatic carbocycles. The highest BCUT2D eigenvalue weighted by Gasteiger charge is 2.38. The lowest BCUT2D eigenvalue weighted by molar-refractivity contribution is 0.0886. The molecule has 2 aliphatic rings. The fraction of sp³-hybridized carbons (Fsp3) is 0.471. The van der Waals surface area contributed by atoms with E-state index in [1.165, 1.54) is 22.6 Å². The molecule has 4 rings (SSSR count). The normalized spacial score (nSPS) is 28.0. The van der Waals surface area contributed by atoms with Gasteiger partial charge in [0.25, 0.3) is 5.91 Å². The van der Waals surface area contributed by atoms with E-state index >= 15 is 0 Å². The summed E-state index contributed by atoms with van der Waals surface area (Å²) >= 11 is 3.31. The van der Waals surface area contributed by atoms with E-state index < -0.39 is 0 Å². The van der Waals surface area contributed by atoms with E-state index in [1.807, 2.05) is 12.1 Å². The second-order valence-corrected chi connectivity index (χ2v) is 8.36. The van der Waals surface area contributed by atoms with E-state index in [0.29, 0.717) is 18.1 Å². The lowest BCUT2D eigenvalue weighted by Crippen LogP contribution is -2.48. The summed E-state index contributed by atoms with van der Waals surface area (Å²) in [6.45, 7) is 0. The molecule has 3 nitrogen and oxygen atoms in total. The van der Waals surface area contributed by atoms with Gasteiger partial charge in [0.2, 0.25) is 0 Å². The molecule has 1 N–H and O–H groups in total. The molecule has 5 heteroatoms. The van der Waals surface area contributed by atoms with Crippen LogP contribution in [0.5, 0.6) is 0 Å². The minimum absolute atomic E-state index is 0.0989. The molecule has 4 heterocycles. The molecule has 2 aromatic heterocycles. The first-order chi connectivity index (χ1) is 10.7. The zero-order chi connectivity index (χ0) is 15.1. The van der Waals surface area contributed by atoms with Crippen LogP contribution in [0.3, 0.4) is 0 Å². The number of hydrogen-bond donors (Lipinski definition) is 1. The van der Waals surface area contributed by atoms with Gasteiger partial charge in [0, 0.05) is 27.9 Å². The predicted molar refractivity (Wildman–Crippen MR) is 92.7 cm³/mol. The number of hydrogen-bond acceptors (Lipinski definition) is 4. The maximum Gasteiger partial charge on any atom is 0.261 e. The molecule has 0 saturated carbocycles. The van der Waals surface area contributed by atoms with Crippen molar-refractivity contribution in [2.24, 2.45) is 0 Å². The molecule has 2 aromatic rings. The Balaban J connectivity index is 1.43. The molecule has 22 heavy (non-hydrogen) atoms. The van der Waals surface area contributed by atoms with Crippen molar-refractivity contribution < 1.29 is 4.79 Å². The molecular formula is C17H20N2OS2. The summed E-state index contributed by atoms with van der Waals surface area (Å²) in [6.07, 6.45) is 4.77. The Morgan fingerprint density at radius 1 is 1.18 bits per heavy atom. The largest absolute Gasteiger partial charge is 0.348 e. The van der Waals surface area contributed by atoms with Gasteiger partial charge in [-0.25, -0.2) is 0 Å². The first kappa shape index (κ1) is 14.4. The van der Waals surface area contributed by atoms with Crippen molar-refractivity contribution >= 4 is 28.6 Å². The van der Waals surface area contributed by atoms with E-state index in [9.17, 15) is 4.79 Å². The lowest BCUT2D eigenvalue weighted by atomic mass is 9.98. The van der Waals surface area contributed by atoms with Crippen LogP contribution in [0.4, 0.5) is 0 Å². The van der Waals surface area contributed by atoms with Gasteiger partial charge >= 0.3 is 0 Å². The van der Waals surface area contributed by atoms with Gasteiger partial charge in [-0.3, -0.25) is 4.79 Å². The van der Waals surface area contributed by atoms with E-state index in [1.54, 1.807) is 22.7 Å². The second kappa shape index (κ2) is 5.80. The van der Waals surface area contributed by atoms with Crippen LogP contribution in [0, 0.1) is 0 Å². The molecule has 2 bridgehead atoms. The van der Waals surface area contributed by atoms with Crippen molar-refractivity contribution in [3.8, 4) is 9.75 Å². The van der Waals surface area contributed by atoms with Crippen molar-refractivity contribution in [2.45, 2.75) is 43.8 Å². The highest BCUT2D eigenvalue weighted by molar-refractivity contribution is 7.22. The number of carbonyl (C=O) groups is 1. The Kier molecular flexibility index (Phi) is 3.80. The van der Waals surface area contributed by atoms with Crippen LogP contribution in [-0.4, -0.2) is 36.0 Å². The Bertz CT molecular complexity index is 650. The van der Waals surface area contributed by atoms with Crippen LogP contribution in [-0.2, 0) is 0 Å². The van der Waals surface area contributed by atoms with Crippen LogP contribution >= 0.6 is 22.7 Å². The lowest BCUT2D eigenvalue weighted by Gasteiger charge is -2.36.